The van der Waals surface area contributed by atoms with Gasteiger partial charge in [-0.05, 0) is 59.7 Å². The lowest BCUT2D eigenvalue weighted by Crippen LogP contribution is -2.42. The lowest BCUT2D eigenvalue weighted by atomic mass is 9.96. The molecule has 0 N–H and O–H groups in total. The molecule has 35 heavy (non-hydrogen) atoms. The van der Waals surface area contributed by atoms with Crippen LogP contribution in [0.5, 0.6) is 0 Å². The molecule has 0 aliphatic carbocycles. The average Bonchev–Trinajstić information content (AvgIpc) is 3.27. The van der Waals surface area contributed by atoms with Crippen molar-refractivity contribution < 1.29 is 22.4 Å². The zero-order chi connectivity index (χ0) is 24.7. The topological polar surface area (TPSA) is 33.5 Å². The number of hydrogen-bond donors (Lipinski definition) is 0. The fraction of sp³-hybridized carbons (Fsp3) is 0.250. The molecule has 0 unspecified atom stereocenters. The Morgan fingerprint density at radius 1 is 0.971 bits per heavy atom. The van der Waals surface area contributed by atoms with E-state index in [-0.39, 0.29) is 36.9 Å². The van der Waals surface area contributed by atoms with Gasteiger partial charge in [-0.1, -0.05) is 30.7 Å². The third kappa shape index (κ3) is 4.67. The maximum absolute atomic E-state index is 13.7. The number of aryl methyl sites for hydroxylation is 1. The quantitative estimate of drug-likeness (QED) is 0.286. The molecule has 0 bridgehead atoms. The van der Waals surface area contributed by atoms with Crippen LogP contribution in [0.25, 0.3) is 33.2 Å². The van der Waals surface area contributed by atoms with Gasteiger partial charge in [0.15, 0.2) is 0 Å². The van der Waals surface area contributed by atoms with E-state index in [2.05, 4.69) is 0 Å². The van der Waals surface area contributed by atoms with Crippen molar-refractivity contribution in [2.45, 2.75) is 32.1 Å². The summed E-state index contributed by atoms with van der Waals surface area (Å²) in [5.74, 6) is -2.54. The Morgan fingerprint density at radius 3 is 2.34 bits per heavy atom. The Balaban J connectivity index is 1.50. The van der Waals surface area contributed by atoms with E-state index in [0.717, 1.165) is 34.3 Å². The molecule has 0 radical (unpaired) electrons. The van der Waals surface area contributed by atoms with Crippen molar-refractivity contribution in [3.8, 4) is 22.3 Å². The summed E-state index contributed by atoms with van der Waals surface area (Å²) in [6, 6.07) is 17.3. The summed E-state index contributed by atoms with van der Waals surface area (Å²) in [5, 5.41) is 1.18. The van der Waals surface area contributed by atoms with E-state index < -0.39 is 11.7 Å². The summed E-state index contributed by atoms with van der Waals surface area (Å²) in [4.78, 5) is 14.3. The van der Waals surface area contributed by atoms with Crippen LogP contribution in [-0.4, -0.2) is 29.8 Å². The fourth-order valence-corrected chi connectivity index (χ4v) is 4.75. The molecule has 7 heteroatoms. The third-order valence-electron chi connectivity index (χ3n) is 6.48. The molecule has 1 fully saturated rings. The summed E-state index contributed by atoms with van der Waals surface area (Å²) in [6.07, 6.45) is 0.103. The van der Waals surface area contributed by atoms with Gasteiger partial charge < -0.3 is 9.32 Å². The molecule has 1 aromatic heterocycles. The van der Waals surface area contributed by atoms with Gasteiger partial charge >= 0.3 is 0 Å². The molecule has 1 aliphatic rings. The minimum absolute atomic E-state index is 0.0479. The number of fused-ring (bicyclic) bond motifs is 1. The van der Waals surface area contributed by atoms with Crippen molar-refractivity contribution in [3.63, 3.8) is 0 Å². The van der Waals surface area contributed by atoms with Crippen LogP contribution in [-0.2, 0) is 6.42 Å². The van der Waals surface area contributed by atoms with Crippen molar-refractivity contribution in [3.05, 3.63) is 82.8 Å². The molecular formula is C28H23ClF3NO2. The second kappa shape index (κ2) is 9.08. The summed E-state index contributed by atoms with van der Waals surface area (Å²) < 4.78 is 46.6. The fourth-order valence-electron chi connectivity index (χ4n) is 4.48. The van der Waals surface area contributed by atoms with E-state index in [1.165, 1.54) is 17.0 Å². The molecule has 1 aliphatic heterocycles. The predicted octanol–water partition coefficient (Wildman–Crippen LogP) is 7.99. The predicted molar refractivity (Wildman–Crippen MR) is 132 cm³/mol. The Morgan fingerprint density at radius 2 is 1.69 bits per heavy atom. The molecule has 180 valence electrons. The van der Waals surface area contributed by atoms with Crippen LogP contribution < -0.4 is 0 Å². The van der Waals surface area contributed by atoms with Crippen molar-refractivity contribution in [2.24, 2.45) is 0 Å². The smallest absolute Gasteiger partial charge is 0.253 e. The minimum Gasteiger partial charge on any atom is -0.460 e. The Hall–Kier alpha value is -3.25. The second-order valence-corrected chi connectivity index (χ2v) is 9.27. The number of halogens is 4. The number of amides is 1. The first kappa shape index (κ1) is 23.5. The highest BCUT2D eigenvalue weighted by Crippen LogP contribution is 2.39. The zero-order valence-corrected chi connectivity index (χ0v) is 19.8. The van der Waals surface area contributed by atoms with Crippen LogP contribution in [0.2, 0.25) is 5.02 Å². The Kier molecular flexibility index (Phi) is 6.09. The van der Waals surface area contributed by atoms with E-state index >= 15 is 0 Å². The number of carbonyl (C=O) groups is 1. The van der Waals surface area contributed by atoms with Crippen molar-refractivity contribution in [1.82, 2.24) is 4.90 Å². The number of rotatable bonds is 4. The molecule has 5 rings (SSSR count). The number of carbonyl (C=O) groups excluding carboxylic acids is 1. The molecule has 3 nitrogen and oxygen atoms in total. The first-order valence-corrected chi connectivity index (χ1v) is 11.9. The van der Waals surface area contributed by atoms with Gasteiger partial charge in [0.25, 0.3) is 11.8 Å². The molecule has 3 aromatic carbocycles. The summed E-state index contributed by atoms with van der Waals surface area (Å²) in [6.45, 7) is 2.10. The van der Waals surface area contributed by atoms with Crippen molar-refractivity contribution in [2.75, 3.05) is 13.1 Å². The molecule has 1 saturated heterocycles. The highest BCUT2D eigenvalue weighted by atomic mass is 35.5. The van der Waals surface area contributed by atoms with Crippen LogP contribution in [0.3, 0.4) is 0 Å². The number of furan rings is 1. The van der Waals surface area contributed by atoms with Crippen LogP contribution in [0, 0.1) is 5.82 Å². The summed E-state index contributed by atoms with van der Waals surface area (Å²) in [5.41, 5.74) is 4.29. The molecule has 0 spiro atoms. The van der Waals surface area contributed by atoms with Gasteiger partial charge in [-0.2, -0.15) is 0 Å². The number of benzene rings is 3. The standard InChI is InChI=1S/C28H23ClF3NO2/c1-2-22-14-20-13-19(15-24(26(20)35-22)23-8-7-21(30)16-25(23)29)17-3-5-18(6-4-17)27(34)33-11-9-28(31,32)10-12-33/h3-8,13-16H,2,9-12H2,1H3. The van der Waals surface area contributed by atoms with Crippen LogP contribution in [0.4, 0.5) is 13.2 Å². The second-order valence-electron chi connectivity index (χ2n) is 8.86. The lowest BCUT2D eigenvalue weighted by molar-refractivity contribution is -0.0494. The monoisotopic (exact) mass is 497 g/mol. The molecule has 4 aromatic rings. The molecule has 2 heterocycles. The van der Waals surface area contributed by atoms with Crippen molar-refractivity contribution in [1.29, 1.82) is 0 Å². The summed E-state index contributed by atoms with van der Waals surface area (Å²) in [7, 11) is 0. The maximum Gasteiger partial charge on any atom is 0.253 e. The van der Waals surface area contributed by atoms with E-state index in [4.69, 9.17) is 16.0 Å². The maximum atomic E-state index is 13.7. The zero-order valence-electron chi connectivity index (χ0n) is 19.1. The molecule has 1 amide bonds. The first-order chi connectivity index (χ1) is 16.7. The molecule has 0 atom stereocenters. The Bertz CT molecular complexity index is 1400. The number of likely N-dealkylation sites (tertiary alicyclic amines) is 1. The van der Waals surface area contributed by atoms with Gasteiger partial charge in [-0.3, -0.25) is 4.79 Å². The van der Waals surface area contributed by atoms with Crippen molar-refractivity contribution >= 4 is 28.5 Å². The summed E-state index contributed by atoms with van der Waals surface area (Å²) >= 11 is 6.38. The first-order valence-electron chi connectivity index (χ1n) is 11.5. The molecule has 0 saturated carbocycles. The minimum atomic E-state index is -2.70. The highest BCUT2D eigenvalue weighted by molar-refractivity contribution is 6.33. The number of alkyl halides is 2. The Labute approximate surface area is 206 Å². The molecular weight excluding hydrogens is 475 g/mol. The van der Waals surface area contributed by atoms with Gasteiger partial charge in [-0.15, -0.1) is 0 Å². The number of nitrogens with zero attached hydrogens (tertiary/aromatic N) is 1. The van der Waals surface area contributed by atoms with Gasteiger partial charge in [0.2, 0.25) is 0 Å². The normalized spacial score (nSPS) is 15.5. The average molecular weight is 498 g/mol. The van der Waals surface area contributed by atoms with Gasteiger partial charge in [0.05, 0.1) is 5.02 Å². The van der Waals surface area contributed by atoms with Crippen LogP contribution in [0.15, 0.2) is 65.1 Å². The van der Waals surface area contributed by atoms with E-state index in [0.29, 0.717) is 16.7 Å². The SMILES string of the molecule is CCc1cc2cc(-c3ccc(C(=O)N4CCC(F)(F)CC4)cc3)cc(-c3ccc(F)cc3Cl)c2o1. The van der Waals surface area contributed by atoms with Crippen LogP contribution in [0.1, 0.15) is 35.9 Å². The highest BCUT2D eigenvalue weighted by Gasteiger charge is 2.35. The third-order valence-corrected chi connectivity index (χ3v) is 6.80. The van der Waals surface area contributed by atoms with Crippen LogP contribution >= 0.6 is 11.6 Å². The number of piperidine rings is 1. The van der Waals surface area contributed by atoms with E-state index in [1.54, 1.807) is 18.2 Å². The number of hydrogen-bond acceptors (Lipinski definition) is 2. The lowest BCUT2D eigenvalue weighted by Gasteiger charge is -2.31. The van der Waals surface area contributed by atoms with Gasteiger partial charge in [0.1, 0.15) is 17.2 Å². The van der Waals surface area contributed by atoms with E-state index in [9.17, 15) is 18.0 Å². The van der Waals surface area contributed by atoms with Gasteiger partial charge in [0, 0.05) is 54.4 Å². The van der Waals surface area contributed by atoms with E-state index in [1.807, 2.05) is 37.3 Å². The largest absolute Gasteiger partial charge is 0.460 e. The van der Waals surface area contributed by atoms with Gasteiger partial charge in [-0.25, -0.2) is 13.2 Å².